The lowest BCUT2D eigenvalue weighted by Crippen LogP contribution is -2.17. The molecule has 0 aliphatic carbocycles. The van der Waals surface area contributed by atoms with E-state index < -0.39 is 24.8 Å². The quantitative estimate of drug-likeness (QED) is 0.234. The predicted molar refractivity (Wildman–Crippen MR) is 69.0 cm³/mol. The van der Waals surface area contributed by atoms with Crippen molar-refractivity contribution in [2.24, 2.45) is 10.9 Å². The number of oxime groups is 1. The number of amidine groups is 1. The number of benzene rings is 1. The number of anilines is 1. The van der Waals surface area contributed by atoms with Crippen LogP contribution in [-0.4, -0.2) is 36.6 Å². The molecule has 1 aromatic carbocycles. The second-order valence-electron chi connectivity index (χ2n) is 3.94. The predicted octanol–water partition coefficient (Wildman–Crippen LogP) is 1.53. The molecule has 21 heavy (non-hydrogen) atoms. The van der Waals surface area contributed by atoms with Crippen molar-refractivity contribution in [3.63, 3.8) is 0 Å². The van der Waals surface area contributed by atoms with Gasteiger partial charge in [-0.25, -0.2) is 13.2 Å². The zero-order chi connectivity index (χ0) is 15.8. The van der Waals surface area contributed by atoms with Gasteiger partial charge < -0.3 is 21.0 Å². The number of hydrogen-bond acceptors (Lipinski definition) is 4. The van der Waals surface area contributed by atoms with Crippen LogP contribution in [-0.2, 0) is 9.53 Å². The molecule has 0 aliphatic heterocycles. The minimum absolute atomic E-state index is 0.108. The highest BCUT2D eigenvalue weighted by Gasteiger charge is 2.10. The Morgan fingerprint density at radius 1 is 1.48 bits per heavy atom. The molecule has 0 spiro atoms. The Balaban J connectivity index is 2.53. The molecule has 0 aromatic heterocycles. The number of carbonyl (C=O) groups is 1. The molecule has 6 nitrogen and oxygen atoms in total. The van der Waals surface area contributed by atoms with Crippen molar-refractivity contribution < 1.29 is 27.9 Å². The van der Waals surface area contributed by atoms with Crippen LogP contribution >= 0.6 is 0 Å². The number of rotatable bonds is 7. The van der Waals surface area contributed by atoms with E-state index in [0.29, 0.717) is 0 Å². The normalized spacial score (nSPS) is 11.7. The Morgan fingerprint density at radius 2 is 2.19 bits per heavy atom. The molecule has 0 saturated carbocycles. The maximum Gasteiger partial charge on any atom is 0.261 e. The molecule has 0 aliphatic rings. The maximum atomic E-state index is 13.7. The fourth-order valence-corrected chi connectivity index (χ4v) is 1.38. The molecule has 1 aromatic rings. The number of alkyl halides is 2. The average molecular weight is 305 g/mol. The summed E-state index contributed by atoms with van der Waals surface area (Å²) in [4.78, 5) is 11.5. The fourth-order valence-electron chi connectivity index (χ4n) is 1.38. The van der Waals surface area contributed by atoms with Gasteiger partial charge in [0.15, 0.2) is 5.84 Å². The first kappa shape index (κ1) is 16.8. The highest BCUT2D eigenvalue weighted by Crippen LogP contribution is 2.16. The van der Waals surface area contributed by atoms with Gasteiger partial charge in [-0.2, -0.15) is 0 Å². The number of amides is 1. The fraction of sp³-hybridized carbons (Fsp3) is 0.333. The van der Waals surface area contributed by atoms with Crippen LogP contribution in [0.3, 0.4) is 0 Å². The summed E-state index contributed by atoms with van der Waals surface area (Å²) in [7, 11) is 0. The van der Waals surface area contributed by atoms with Gasteiger partial charge in [0.05, 0.1) is 18.7 Å². The molecular formula is C12H14F3N3O3. The number of carbonyl (C=O) groups excluding carboxylic acids is 1. The third-order valence-corrected chi connectivity index (χ3v) is 2.36. The summed E-state index contributed by atoms with van der Waals surface area (Å²) < 4.78 is 41.8. The monoisotopic (exact) mass is 305 g/mol. The van der Waals surface area contributed by atoms with E-state index in [-0.39, 0.29) is 30.1 Å². The molecule has 1 amide bonds. The lowest BCUT2D eigenvalue weighted by Gasteiger charge is -2.08. The van der Waals surface area contributed by atoms with Crippen LogP contribution in [0, 0.1) is 5.82 Å². The van der Waals surface area contributed by atoms with Gasteiger partial charge in [0.2, 0.25) is 5.91 Å². The molecule has 9 heteroatoms. The first-order chi connectivity index (χ1) is 9.93. The summed E-state index contributed by atoms with van der Waals surface area (Å²) in [5, 5.41) is 13.4. The molecule has 0 bridgehead atoms. The number of nitrogens with one attached hydrogen (secondary N) is 1. The summed E-state index contributed by atoms with van der Waals surface area (Å²) >= 11 is 0. The maximum absolute atomic E-state index is 13.7. The Hall–Kier alpha value is -2.29. The van der Waals surface area contributed by atoms with Crippen molar-refractivity contribution in [2.45, 2.75) is 12.8 Å². The van der Waals surface area contributed by atoms with Gasteiger partial charge in [0.1, 0.15) is 12.4 Å². The lowest BCUT2D eigenvalue weighted by molar-refractivity contribution is -0.117. The van der Waals surface area contributed by atoms with E-state index in [9.17, 15) is 18.0 Å². The van der Waals surface area contributed by atoms with Crippen LogP contribution in [0.5, 0.6) is 0 Å². The van der Waals surface area contributed by atoms with Crippen LogP contribution in [0.15, 0.2) is 23.4 Å². The van der Waals surface area contributed by atoms with E-state index in [0.717, 1.165) is 6.07 Å². The SMILES string of the molecule is N/C(=N/O)c1ccc(NC(=O)CCOCC(F)F)c(F)c1. The molecule has 0 heterocycles. The molecular weight excluding hydrogens is 291 g/mol. The van der Waals surface area contributed by atoms with Crippen molar-refractivity contribution in [3.8, 4) is 0 Å². The highest BCUT2D eigenvalue weighted by molar-refractivity contribution is 5.98. The zero-order valence-electron chi connectivity index (χ0n) is 10.9. The second-order valence-corrected chi connectivity index (χ2v) is 3.94. The third kappa shape index (κ3) is 5.69. The van der Waals surface area contributed by atoms with Crippen molar-refractivity contribution >= 4 is 17.4 Å². The number of halogens is 3. The van der Waals surface area contributed by atoms with Crippen molar-refractivity contribution in [1.82, 2.24) is 0 Å². The number of nitrogens with two attached hydrogens (primary N) is 1. The van der Waals surface area contributed by atoms with Gasteiger partial charge in [-0.1, -0.05) is 5.16 Å². The Morgan fingerprint density at radius 3 is 2.76 bits per heavy atom. The molecule has 1 rings (SSSR count). The first-order valence-corrected chi connectivity index (χ1v) is 5.87. The number of hydrogen-bond donors (Lipinski definition) is 3. The van der Waals surface area contributed by atoms with Gasteiger partial charge >= 0.3 is 0 Å². The summed E-state index contributed by atoms with van der Waals surface area (Å²) in [6.07, 6.45) is -2.79. The van der Waals surface area contributed by atoms with E-state index >= 15 is 0 Å². The summed E-state index contributed by atoms with van der Waals surface area (Å²) in [5.74, 6) is -1.63. The molecule has 0 saturated heterocycles. The zero-order valence-corrected chi connectivity index (χ0v) is 10.9. The summed E-state index contributed by atoms with van der Waals surface area (Å²) in [5.41, 5.74) is 5.33. The van der Waals surface area contributed by atoms with Crippen LogP contribution in [0.25, 0.3) is 0 Å². The Bertz CT molecular complexity index is 524. The Labute approximate surface area is 118 Å². The van der Waals surface area contributed by atoms with E-state index in [4.69, 9.17) is 10.9 Å². The minimum Gasteiger partial charge on any atom is -0.409 e. The lowest BCUT2D eigenvalue weighted by atomic mass is 10.2. The van der Waals surface area contributed by atoms with Crippen LogP contribution < -0.4 is 11.1 Å². The second kappa shape index (κ2) is 8.10. The van der Waals surface area contributed by atoms with E-state index in [2.05, 4.69) is 15.2 Å². The largest absolute Gasteiger partial charge is 0.409 e. The van der Waals surface area contributed by atoms with Gasteiger partial charge in [0, 0.05) is 5.56 Å². The summed E-state index contributed by atoms with van der Waals surface area (Å²) in [6.45, 7) is -0.948. The van der Waals surface area contributed by atoms with Gasteiger partial charge in [-0.3, -0.25) is 4.79 Å². The van der Waals surface area contributed by atoms with Crippen LogP contribution in [0.2, 0.25) is 0 Å². The van der Waals surface area contributed by atoms with Crippen molar-refractivity contribution in [2.75, 3.05) is 18.5 Å². The Kier molecular flexibility index (Phi) is 6.47. The molecule has 0 radical (unpaired) electrons. The highest BCUT2D eigenvalue weighted by atomic mass is 19.3. The van der Waals surface area contributed by atoms with Crippen LogP contribution in [0.4, 0.5) is 18.9 Å². The van der Waals surface area contributed by atoms with Gasteiger partial charge in [0.25, 0.3) is 6.43 Å². The smallest absolute Gasteiger partial charge is 0.261 e. The average Bonchev–Trinajstić information content (AvgIpc) is 2.44. The molecule has 4 N–H and O–H groups in total. The topological polar surface area (TPSA) is 96.9 Å². The molecule has 0 fully saturated rings. The molecule has 116 valence electrons. The first-order valence-electron chi connectivity index (χ1n) is 5.87. The van der Waals surface area contributed by atoms with Crippen molar-refractivity contribution in [1.29, 1.82) is 0 Å². The number of ether oxygens (including phenoxy) is 1. The van der Waals surface area contributed by atoms with E-state index in [1.54, 1.807) is 0 Å². The third-order valence-electron chi connectivity index (χ3n) is 2.36. The van der Waals surface area contributed by atoms with E-state index in [1.165, 1.54) is 12.1 Å². The van der Waals surface area contributed by atoms with Gasteiger partial charge in [-0.15, -0.1) is 0 Å². The molecule has 0 atom stereocenters. The summed E-state index contributed by atoms with van der Waals surface area (Å²) in [6, 6.07) is 3.57. The van der Waals surface area contributed by atoms with Crippen LogP contribution in [0.1, 0.15) is 12.0 Å². The van der Waals surface area contributed by atoms with Gasteiger partial charge in [-0.05, 0) is 18.2 Å². The standard InChI is InChI=1S/C12H14F3N3O3/c13-8-5-7(12(16)18-20)1-2-9(8)17-11(19)3-4-21-6-10(14)15/h1-2,5,10,20H,3-4,6H2,(H2,16,18)(H,17,19). The van der Waals surface area contributed by atoms with Crippen molar-refractivity contribution in [3.05, 3.63) is 29.6 Å². The van der Waals surface area contributed by atoms with E-state index in [1.807, 2.05) is 0 Å². The minimum atomic E-state index is -2.60. The molecule has 0 unspecified atom stereocenters. The number of nitrogens with zero attached hydrogens (tertiary/aromatic N) is 1.